The molecular weight excluding hydrogens is 448 g/mol. The topological polar surface area (TPSA) is 61.8 Å². The Labute approximate surface area is 207 Å². The molecule has 0 bridgehead atoms. The van der Waals surface area contributed by atoms with E-state index in [1.54, 1.807) is 0 Å². The second-order valence-corrected chi connectivity index (χ2v) is 8.62. The summed E-state index contributed by atoms with van der Waals surface area (Å²) in [7, 11) is 0. The summed E-state index contributed by atoms with van der Waals surface area (Å²) in [6.07, 6.45) is -2.34. The number of hydrogen-bond donors (Lipinski definition) is 1. The number of carbonyl (C=O) groups excluding carboxylic acids is 2. The van der Waals surface area contributed by atoms with E-state index in [0.29, 0.717) is 6.61 Å². The zero-order chi connectivity index (χ0) is 25.1. The van der Waals surface area contributed by atoms with Gasteiger partial charge in [-0.05, 0) is 23.6 Å². The SMILES string of the molecule is [2H]C(=O)[C@](OCc1ccccc1)(C(C)=O)[C@H](OCc1ccccc1)[C@H](S)COCc1ccccc1. The molecule has 3 atom stereocenters. The minimum atomic E-state index is -2.16. The van der Waals surface area contributed by atoms with Gasteiger partial charge in [0.1, 0.15) is 7.47 Å². The fraction of sp³-hybridized carbons (Fsp3) is 0.286. The van der Waals surface area contributed by atoms with Crippen LogP contribution in [0.2, 0.25) is 0 Å². The van der Waals surface area contributed by atoms with Gasteiger partial charge in [0.2, 0.25) is 5.60 Å². The normalized spacial score (nSPS) is 15.1. The Balaban J connectivity index is 1.84. The van der Waals surface area contributed by atoms with Gasteiger partial charge in [-0.3, -0.25) is 9.59 Å². The van der Waals surface area contributed by atoms with Crippen LogP contribution in [0, 0.1) is 0 Å². The molecule has 0 amide bonds. The lowest BCUT2D eigenvalue weighted by atomic mass is 9.90. The van der Waals surface area contributed by atoms with Crippen molar-refractivity contribution < 1.29 is 25.2 Å². The highest BCUT2D eigenvalue weighted by Crippen LogP contribution is 2.27. The molecule has 0 fully saturated rings. The van der Waals surface area contributed by atoms with Crippen LogP contribution in [0.25, 0.3) is 0 Å². The van der Waals surface area contributed by atoms with Gasteiger partial charge >= 0.3 is 0 Å². The Morgan fingerprint density at radius 3 is 1.82 bits per heavy atom. The molecule has 34 heavy (non-hydrogen) atoms. The van der Waals surface area contributed by atoms with Gasteiger partial charge in [-0.15, -0.1) is 0 Å². The van der Waals surface area contributed by atoms with Crippen LogP contribution < -0.4 is 0 Å². The van der Waals surface area contributed by atoms with Crippen molar-refractivity contribution in [3.8, 4) is 0 Å². The van der Waals surface area contributed by atoms with Gasteiger partial charge in [0, 0.05) is 0 Å². The average molecular weight is 480 g/mol. The highest BCUT2D eigenvalue weighted by atomic mass is 32.1. The van der Waals surface area contributed by atoms with E-state index in [1.165, 1.54) is 6.92 Å². The quantitative estimate of drug-likeness (QED) is 0.204. The fourth-order valence-corrected chi connectivity index (χ4v) is 3.94. The lowest BCUT2D eigenvalue weighted by molar-refractivity contribution is -0.176. The number of rotatable bonds is 14. The van der Waals surface area contributed by atoms with Crippen molar-refractivity contribution in [2.75, 3.05) is 6.61 Å². The highest BCUT2D eigenvalue weighted by molar-refractivity contribution is 7.81. The maximum absolute atomic E-state index is 13.0. The van der Waals surface area contributed by atoms with E-state index in [9.17, 15) is 9.59 Å². The lowest BCUT2D eigenvalue weighted by Gasteiger charge is -2.37. The smallest absolute Gasteiger partial charge is 0.208 e. The van der Waals surface area contributed by atoms with E-state index < -0.39 is 29.0 Å². The number of ketones is 1. The first-order valence-corrected chi connectivity index (χ1v) is 11.6. The molecule has 0 saturated heterocycles. The van der Waals surface area contributed by atoms with Crippen molar-refractivity contribution in [1.82, 2.24) is 0 Å². The summed E-state index contributed by atoms with van der Waals surface area (Å²) in [5, 5.41) is -0.726. The maximum atomic E-state index is 13.0. The Morgan fingerprint density at radius 2 is 1.35 bits per heavy atom. The van der Waals surface area contributed by atoms with E-state index in [0.717, 1.165) is 16.7 Å². The van der Waals surface area contributed by atoms with Gasteiger partial charge in [-0.1, -0.05) is 91.0 Å². The molecule has 0 aliphatic carbocycles. The van der Waals surface area contributed by atoms with E-state index in [1.807, 2.05) is 91.0 Å². The first-order chi connectivity index (χ1) is 16.9. The molecular formula is C28H30O5S. The Hall–Kier alpha value is -2.77. The predicted octanol–water partition coefficient (Wildman–Crippen LogP) is 4.83. The molecule has 0 aliphatic rings. The first kappa shape index (κ1) is 24.4. The van der Waals surface area contributed by atoms with Gasteiger partial charge in [-0.2, -0.15) is 12.6 Å². The average Bonchev–Trinajstić information content (AvgIpc) is 2.87. The van der Waals surface area contributed by atoms with Crippen LogP contribution in [0.3, 0.4) is 0 Å². The van der Waals surface area contributed by atoms with Gasteiger partial charge < -0.3 is 14.2 Å². The largest absolute Gasteiger partial charge is 0.376 e. The molecule has 3 aromatic carbocycles. The Kier molecular flexibility index (Phi) is 9.46. The molecule has 0 saturated carbocycles. The van der Waals surface area contributed by atoms with Crippen LogP contribution in [0.4, 0.5) is 0 Å². The van der Waals surface area contributed by atoms with Gasteiger partial charge in [0.15, 0.2) is 12.0 Å². The van der Waals surface area contributed by atoms with Crippen molar-refractivity contribution in [3.63, 3.8) is 0 Å². The van der Waals surface area contributed by atoms with Crippen LogP contribution in [0.1, 0.15) is 25.0 Å². The second kappa shape index (κ2) is 13.2. The predicted molar refractivity (Wildman–Crippen MR) is 135 cm³/mol. The molecule has 0 radical (unpaired) electrons. The van der Waals surface area contributed by atoms with Crippen LogP contribution in [-0.2, 0) is 43.6 Å². The van der Waals surface area contributed by atoms with Crippen LogP contribution in [0.15, 0.2) is 91.0 Å². The molecule has 6 heteroatoms. The molecule has 0 heterocycles. The van der Waals surface area contributed by atoms with Crippen molar-refractivity contribution >= 4 is 24.7 Å². The lowest BCUT2D eigenvalue weighted by Crippen LogP contribution is -2.57. The van der Waals surface area contributed by atoms with Gasteiger partial charge in [0.05, 0.1) is 31.7 Å². The molecule has 3 aromatic rings. The molecule has 0 aliphatic heterocycles. The molecule has 0 spiro atoms. The summed E-state index contributed by atoms with van der Waals surface area (Å²) in [5.41, 5.74) is 0.426. The Bertz CT molecular complexity index is 1050. The fourth-order valence-electron chi connectivity index (χ4n) is 3.53. The number of ether oxygens (including phenoxy) is 3. The molecule has 0 N–H and O–H groups in total. The third-order valence-corrected chi connectivity index (χ3v) is 5.83. The zero-order valence-corrected chi connectivity index (χ0v) is 20.0. The van der Waals surface area contributed by atoms with Gasteiger partial charge in [-0.25, -0.2) is 0 Å². The van der Waals surface area contributed by atoms with Crippen molar-refractivity contribution in [1.29, 1.82) is 0 Å². The first-order valence-electron chi connectivity index (χ1n) is 11.6. The minimum absolute atomic E-state index is 0.0401. The molecule has 5 nitrogen and oxygen atoms in total. The number of carbonyl (C=O) groups is 2. The van der Waals surface area contributed by atoms with Crippen molar-refractivity contribution in [2.24, 2.45) is 0 Å². The van der Waals surface area contributed by atoms with Crippen molar-refractivity contribution in [3.05, 3.63) is 108 Å². The summed E-state index contributed by atoms with van der Waals surface area (Å²) in [4.78, 5) is 25.7. The highest BCUT2D eigenvalue weighted by Gasteiger charge is 2.49. The number of aldehydes is 1. The molecule has 0 unspecified atom stereocenters. The summed E-state index contributed by atoms with van der Waals surface area (Å²) in [5.74, 6) is -0.617. The van der Waals surface area contributed by atoms with Gasteiger partial charge in [0.25, 0.3) is 0 Å². The number of hydrogen-bond acceptors (Lipinski definition) is 6. The number of thiol groups is 1. The maximum Gasteiger partial charge on any atom is 0.208 e. The van der Waals surface area contributed by atoms with E-state index in [4.69, 9.17) is 15.6 Å². The third-order valence-electron chi connectivity index (χ3n) is 5.41. The summed E-state index contributed by atoms with van der Waals surface area (Å²) in [6.45, 7) is 1.71. The molecule has 178 valence electrons. The monoisotopic (exact) mass is 479 g/mol. The van der Waals surface area contributed by atoms with Crippen molar-refractivity contribution in [2.45, 2.75) is 43.7 Å². The summed E-state index contributed by atoms with van der Waals surface area (Å²) in [6, 6.07) is 28.2. The molecule has 3 rings (SSSR count). The minimum Gasteiger partial charge on any atom is -0.376 e. The molecule has 0 aromatic heterocycles. The zero-order valence-electron chi connectivity index (χ0n) is 20.1. The number of benzene rings is 3. The van der Waals surface area contributed by atoms with Crippen LogP contribution in [-0.4, -0.2) is 35.6 Å². The van der Waals surface area contributed by atoms with Crippen LogP contribution >= 0.6 is 12.6 Å². The second-order valence-electron chi connectivity index (χ2n) is 7.95. The van der Waals surface area contributed by atoms with E-state index in [-0.39, 0.29) is 19.8 Å². The standard InChI is InChI=1S/C28H30O5S/c1-22(30)28(21-29,33-19-25-15-9-4-10-16-25)27(32-18-24-13-7-3-8-14-24)26(34)20-31-17-23-11-5-2-6-12-23/h2-16,21,26-27,34H,17-20H2,1H3/t26-,27-,28+/m1/s1/i21D. The number of Topliss-reactive ketones (excluding diaryl/α,β-unsaturated/α-hetero) is 1. The summed E-state index contributed by atoms with van der Waals surface area (Å²) >= 11 is 4.66. The van der Waals surface area contributed by atoms with E-state index >= 15 is 0 Å². The Morgan fingerprint density at radius 1 is 0.882 bits per heavy atom. The third kappa shape index (κ3) is 7.11. The van der Waals surface area contributed by atoms with Crippen LogP contribution in [0.5, 0.6) is 0 Å². The summed E-state index contributed by atoms with van der Waals surface area (Å²) < 4.78 is 26.0. The van der Waals surface area contributed by atoms with E-state index in [2.05, 4.69) is 12.6 Å².